The van der Waals surface area contributed by atoms with E-state index in [1.54, 1.807) is 0 Å². The molecule has 2 heterocycles. The maximum Gasteiger partial charge on any atom is 0.151 e. The predicted molar refractivity (Wildman–Crippen MR) is 63.9 cm³/mol. The topological polar surface area (TPSA) is 63.4 Å². The summed E-state index contributed by atoms with van der Waals surface area (Å²) in [7, 11) is -2.77. The van der Waals surface area contributed by atoms with Crippen molar-refractivity contribution < 1.29 is 8.42 Å². The molecule has 2 unspecified atom stereocenters. The molecular formula is C9H18N2O2S2. The number of nitrogens with two attached hydrogens (primary N) is 1. The van der Waals surface area contributed by atoms with E-state index in [2.05, 4.69) is 4.90 Å². The zero-order chi connectivity index (χ0) is 10.9. The zero-order valence-electron chi connectivity index (χ0n) is 8.76. The molecule has 2 rings (SSSR count). The molecule has 0 spiro atoms. The number of nitrogens with zero attached hydrogens (tertiary/aromatic N) is 1. The highest BCUT2D eigenvalue weighted by Gasteiger charge is 2.36. The Morgan fingerprint density at radius 3 is 2.87 bits per heavy atom. The summed E-state index contributed by atoms with van der Waals surface area (Å²) < 4.78 is 22.8. The highest BCUT2D eigenvalue weighted by Crippen LogP contribution is 2.24. The van der Waals surface area contributed by atoms with Crippen molar-refractivity contribution in [3.63, 3.8) is 0 Å². The lowest BCUT2D eigenvalue weighted by atomic mass is 10.1. The molecule has 88 valence electrons. The first-order chi connectivity index (χ1) is 7.12. The molecule has 0 aromatic carbocycles. The van der Waals surface area contributed by atoms with Gasteiger partial charge in [-0.3, -0.25) is 4.90 Å². The summed E-state index contributed by atoms with van der Waals surface area (Å²) in [6, 6.07) is 0.603. The van der Waals surface area contributed by atoms with E-state index in [0.717, 1.165) is 24.5 Å². The number of hydrogen-bond donors (Lipinski definition) is 1. The Morgan fingerprint density at radius 1 is 1.47 bits per heavy atom. The second-order valence-electron chi connectivity index (χ2n) is 4.26. The molecular weight excluding hydrogens is 232 g/mol. The molecule has 6 heteroatoms. The van der Waals surface area contributed by atoms with Crippen molar-refractivity contribution >= 4 is 21.6 Å². The minimum Gasteiger partial charge on any atom is -0.329 e. The first-order valence-electron chi connectivity index (χ1n) is 5.36. The van der Waals surface area contributed by atoms with Gasteiger partial charge in [-0.2, -0.15) is 11.8 Å². The molecule has 4 nitrogen and oxygen atoms in total. The smallest absolute Gasteiger partial charge is 0.151 e. The van der Waals surface area contributed by atoms with Gasteiger partial charge in [-0.1, -0.05) is 0 Å². The molecule has 2 N–H and O–H groups in total. The van der Waals surface area contributed by atoms with E-state index in [-0.39, 0.29) is 6.04 Å². The molecule has 0 aromatic rings. The van der Waals surface area contributed by atoms with E-state index in [4.69, 9.17) is 5.73 Å². The first kappa shape index (κ1) is 11.7. The number of sulfone groups is 1. The molecule has 0 saturated carbocycles. The summed E-state index contributed by atoms with van der Waals surface area (Å²) >= 11 is 1.92. The Hall–Kier alpha value is 0.220. The zero-order valence-corrected chi connectivity index (χ0v) is 10.4. The van der Waals surface area contributed by atoms with Crippen LogP contribution in [0.25, 0.3) is 0 Å². The molecule has 2 fully saturated rings. The van der Waals surface area contributed by atoms with Crippen LogP contribution in [0.3, 0.4) is 0 Å². The van der Waals surface area contributed by atoms with Gasteiger partial charge in [0, 0.05) is 36.7 Å². The Kier molecular flexibility index (Phi) is 3.59. The Labute approximate surface area is 95.5 Å². The molecule has 2 atom stereocenters. The van der Waals surface area contributed by atoms with Crippen molar-refractivity contribution in [1.29, 1.82) is 0 Å². The maximum atomic E-state index is 11.4. The molecule has 2 saturated heterocycles. The van der Waals surface area contributed by atoms with Crippen LogP contribution in [0.15, 0.2) is 0 Å². The lowest BCUT2D eigenvalue weighted by molar-refractivity contribution is 0.169. The predicted octanol–water partition coefficient (Wildman–Crippen LogP) is -0.450. The van der Waals surface area contributed by atoms with Gasteiger partial charge in [0.05, 0.1) is 11.5 Å². The van der Waals surface area contributed by atoms with Crippen LogP contribution in [0, 0.1) is 0 Å². The largest absolute Gasteiger partial charge is 0.329 e. The van der Waals surface area contributed by atoms with Crippen molar-refractivity contribution in [1.82, 2.24) is 4.90 Å². The van der Waals surface area contributed by atoms with Gasteiger partial charge in [0.1, 0.15) is 0 Å². The van der Waals surface area contributed by atoms with Gasteiger partial charge < -0.3 is 5.73 Å². The van der Waals surface area contributed by atoms with E-state index in [9.17, 15) is 8.42 Å². The molecule has 0 aromatic heterocycles. The molecule has 2 aliphatic rings. The number of rotatable bonds is 2. The van der Waals surface area contributed by atoms with Gasteiger partial charge >= 0.3 is 0 Å². The fourth-order valence-corrected chi connectivity index (χ4v) is 5.24. The first-order valence-corrected chi connectivity index (χ1v) is 8.34. The van der Waals surface area contributed by atoms with E-state index < -0.39 is 9.84 Å². The average molecular weight is 250 g/mol. The summed E-state index contributed by atoms with van der Waals surface area (Å²) in [5, 5.41) is 0. The van der Waals surface area contributed by atoms with Crippen LogP contribution in [-0.2, 0) is 9.84 Å². The fraction of sp³-hybridized carbons (Fsp3) is 1.00. The van der Waals surface area contributed by atoms with Crippen LogP contribution >= 0.6 is 11.8 Å². The maximum absolute atomic E-state index is 11.4. The molecule has 2 aliphatic heterocycles. The van der Waals surface area contributed by atoms with Crippen molar-refractivity contribution in [3.8, 4) is 0 Å². The lowest BCUT2D eigenvalue weighted by Gasteiger charge is -2.38. The normalized spacial score (nSPS) is 36.9. The van der Waals surface area contributed by atoms with Crippen LogP contribution in [0.4, 0.5) is 0 Å². The molecule has 0 bridgehead atoms. The number of hydrogen-bond acceptors (Lipinski definition) is 5. The van der Waals surface area contributed by atoms with Gasteiger partial charge in [-0.25, -0.2) is 8.42 Å². The monoisotopic (exact) mass is 250 g/mol. The van der Waals surface area contributed by atoms with Gasteiger partial charge in [0.25, 0.3) is 0 Å². The van der Waals surface area contributed by atoms with Crippen molar-refractivity contribution in [3.05, 3.63) is 0 Å². The van der Waals surface area contributed by atoms with Crippen LogP contribution in [0.1, 0.15) is 6.42 Å². The Morgan fingerprint density at radius 2 is 2.27 bits per heavy atom. The van der Waals surface area contributed by atoms with E-state index in [1.807, 2.05) is 11.8 Å². The van der Waals surface area contributed by atoms with Gasteiger partial charge in [-0.05, 0) is 6.42 Å². The molecule has 0 amide bonds. The van der Waals surface area contributed by atoms with Crippen LogP contribution in [0.2, 0.25) is 0 Å². The standard InChI is InChI=1S/C9H18N2O2S2/c10-5-9-6-14-3-2-11(9)8-1-4-15(12,13)7-8/h8-9H,1-7,10H2. The van der Waals surface area contributed by atoms with Crippen LogP contribution < -0.4 is 5.73 Å². The summed E-state index contributed by atoms with van der Waals surface area (Å²) in [5.41, 5.74) is 5.72. The van der Waals surface area contributed by atoms with Crippen LogP contribution in [0.5, 0.6) is 0 Å². The lowest BCUT2D eigenvalue weighted by Crippen LogP contribution is -2.52. The minimum absolute atomic E-state index is 0.226. The second kappa shape index (κ2) is 4.61. The Bertz CT molecular complexity index is 318. The average Bonchev–Trinajstić information content (AvgIpc) is 2.59. The van der Waals surface area contributed by atoms with Crippen LogP contribution in [-0.4, -0.2) is 61.5 Å². The summed E-state index contributed by atoms with van der Waals surface area (Å²) in [5.74, 6) is 2.85. The molecule has 0 radical (unpaired) electrons. The third-order valence-corrected chi connectivity index (χ3v) is 6.06. The number of thioether (sulfide) groups is 1. The summed E-state index contributed by atoms with van der Waals surface area (Å²) in [4.78, 5) is 2.32. The third-order valence-electron chi connectivity index (χ3n) is 3.22. The van der Waals surface area contributed by atoms with Gasteiger partial charge in [0.15, 0.2) is 9.84 Å². The fourth-order valence-electron chi connectivity index (χ4n) is 2.39. The van der Waals surface area contributed by atoms with E-state index in [1.165, 1.54) is 0 Å². The summed E-state index contributed by atoms with van der Waals surface area (Å²) in [6.45, 7) is 1.64. The molecule has 0 aliphatic carbocycles. The van der Waals surface area contributed by atoms with Gasteiger partial charge in [-0.15, -0.1) is 0 Å². The Balaban J connectivity index is 2.03. The quantitative estimate of drug-likeness (QED) is 0.719. The summed E-state index contributed by atoms with van der Waals surface area (Å²) in [6.07, 6.45) is 0.795. The highest BCUT2D eigenvalue weighted by molar-refractivity contribution is 7.99. The second-order valence-corrected chi connectivity index (χ2v) is 7.64. The van der Waals surface area contributed by atoms with Crippen molar-refractivity contribution in [2.24, 2.45) is 5.73 Å². The SMILES string of the molecule is NCC1CSCCN1C1CCS(=O)(=O)C1. The highest BCUT2D eigenvalue weighted by atomic mass is 32.2. The van der Waals surface area contributed by atoms with Crippen molar-refractivity contribution in [2.45, 2.75) is 18.5 Å². The van der Waals surface area contributed by atoms with Gasteiger partial charge in [0.2, 0.25) is 0 Å². The van der Waals surface area contributed by atoms with E-state index >= 15 is 0 Å². The van der Waals surface area contributed by atoms with Crippen molar-refractivity contribution in [2.75, 3.05) is 36.1 Å². The third kappa shape index (κ3) is 2.67. The minimum atomic E-state index is -2.77. The molecule has 15 heavy (non-hydrogen) atoms. The van der Waals surface area contributed by atoms with E-state index in [0.29, 0.717) is 24.1 Å².